The number of rotatable bonds is 3. The first kappa shape index (κ1) is 16.9. The third-order valence-corrected chi connectivity index (χ3v) is 5.96. The summed E-state index contributed by atoms with van der Waals surface area (Å²) in [6, 6.07) is 6.47. The summed E-state index contributed by atoms with van der Waals surface area (Å²) in [5.74, 6) is -0.0475. The maximum atomic E-state index is 12.5. The molecule has 1 unspecified atom stereocenters. The normalized spacial score (nSPS) is 20.4. The summed E-state index contributed by atoms with van der Waals surface area (Å²) in [6.07, 6.45) is 0. The Labute approximate surface area is 132 Å². The monoisotopic (exact) mass is 325 g/mol. The topological polar surface area (TPSA) is 60.9 Å². The SMILES string of the molecule is CC1CN(C(=O)c2ccc(S(=O)(=O)N(C)C)cc2)CCN1C. The molecule has 1 saturated heterocycles. The third-order valence-electron chi connectivity index (χ3n) is 4.13. The Bertz CT molecular complexity index is 641. The van der Waals surface area contributed by atoms with Crippen LogP contribution in [-0.2, 0) is 10.0 Å². The maximum Gasteiger partial charge on any atom is 0.253 e. The number of sulfonamides is 1. The predicted molar refractivity (Wildman–Crippen MR) is 85.3 cm³/mol. The highest BCUT2D eigenvalue weighted by Gasteiger charge is 2.25. The van der Waals surface area contributed by atoms with Gasteiger partial charge in [-0.15, -0.1) is 0 Å². The molecule has 0 spiro atoms. The molecular formula is C15H23N3O3S. The van der Waals surface area contributed by atoms with Crippen molar-refractivity contribution in [1.29, 1.82) is 0 Å². The van der Waals surface area contributed by atoms with E-state index in [9.17, 15) is 13.2 Å². The Morgan fingerprint density at radius 3 is 2.27 bits per heavy atom. The number of benzene rings is 1. The molecule has 122 valence electrons. The average Bonchev–Trinajstić information content (AvgIpc) is 2.49. The third kappa shape index (κ3) is 3.31. The van der Waals surface area contributed by atoms with E-state index in [4.69, 9.17) is 0 Å². The lowest BCUT2D eigenvalue weighted by Gasteiger charge is -2.37. The van der Waals surface area contributed by atoms with Crippen LogP contribution in [0.1, 0.15) is 17.3 Å². The standard InChI is InChI=1S/C15H23N3O3S/c1-12-11-18(10-9-17(12)4)15(19)13-5-7-14(8-6-13)22(20,21)16(2)3/h5-8,12H,9-11H2,1-4H3. The summed E-state index contributed by atoms with van der Waals surface area (Å²) < 4.78 is 25.2. The molecule has 0 N–H and O–H groups in total. The Kier molecular flexibility index (Phi) is 4.89. The Hall–Kier alpha value is -1.44. The van der Waals surface area contributed by atoms with E-state index in [1.807, 2.05) is 11.9 Å². The van der Waals surface area contributed by atoms with E-state index >= 15 is 0 Å². The highest BCUT2D eigenvalue weighted by Crippen LogP contribution is 2.16. The Morgan fingerprint density at radius 2 is 1.77 bits per heavy atom. The first-order valence-electron chi connectivity index (χ1n) is 7.25. The first-order valence-corrected chi connectivity index (χ1v) is 8.69. The second-order valence-corrected chi connectivity index (χ2v) is 8.04. The quantitative estimate of drug-likeness (QED) is 0.821. The number of carbonyl (C=O) groups is 1. The van der Waals surface area contributed by atoms with E-state index in [1.165, 1.54) is 26.2 Å². The van der Waals surface area contributed by atoms with Crippen LogP contribution < -0.4 is 0 Å². The second-order valence-electron chi connectivity index (χ2n) is 5.89. The van der Waals surface area contributed by atoms with Gasteiger partial charge in [0.1, 0.15) is 0 Å². The molecule has 1 aromatic carbocycles. The van der Waals surface area contributed by atoms with Crippen LogP contribution in [0.2, 0.25) is 0 Å². The fourth-order valence-electron chi connectivity index (χ4n) is 2.40. The van der Waals surface area contributed by atoms with Gasteiger partial charge in [0.25, 0.3) is 5.91 Å². The van der Waals surface area contributed by atoms with Crippen molar-refractivity contribution in [1.82, 2.24) is 14.1 Å². The minimum absolute atomic E-state index is 0.0475. The van der Waals surface area contributed by atoms with Crippen LogP contribution >= 0.6 is 0 Å². The van der Waals surface area contributed by atoms with Crippen LogP contribution in [0.15, 0.2) is 29.2 Å². The molecule has 1 heterocycles. The summed E-state index contributed by atoms with van der Waals surface area (Å²) in [7, 11) is 1.56. The highest BCUT2D eigenvalue weighted by molar-refractivity contribution is 7.89. The molecule has 1 fully saturated rings. The van der Waals surface area contributed by atoms with Gasteiger partial charge in [0.2, 0.25) is 10.0 Å². The van der Waals surface area contributed by atoms with Gasteiger partial charge >= 0.3 is 0 Å². The van der Waals surface area contributed by atoms with Gasteiger partial charge in [0, 0.05) is 45.3 Å². The van der Waals surface area contributed by atoms with Crippen molar-refractivity contribution in [2.45, 2.75) is 17.9 Å². The van der Waals surface area contributed by atoms with Gasteiger partial charge in [-0.2, -0.15) is 0 Å². The molecule has 1 aromatic rings. The minimum Gasteiger partial charge on any atom is -0.336 e. The summed E-state index contributed by atoms with van der Waals surface area (Å²) in [5.41, 5.74) is 0.523. The molecule has 1 atom stereocenters. The van der Waals surface area contributed by atoms with Crippen molar-refractivity contribution in [3.05, 3.63) is 29.8 Å². The van der Waals surface area contributed by atoms with Crippen molar-refractivity contribution in [3.63, 3.8) is 0 Å². The van der Waals surface area contributed by atoms with Gasteiger partial charge in [-0.25, -0.2) is 12.7 Å². The van der Waals surface area contributed by atoms with Crippen LogP contribution in [0, 0.1) is 0 Å². The van der Waals surface area contributed by atoms with Crippen LogP contribution in [0.4, 0.5) is 0 Å². The number of piperazine rings is 1. The number of hydrogen-bond acceptors (Lipinski definition) is 4. The molecule has 0 saturated carbocycles. The second kappa shape index (κ2) is 6.36. The zero-order chi connectivity index (χ0) is 16.5. The van der Waals surface area contributed by atoms with Crippen molar-refractivity contribution in [2.24, 2.45) is 0 Å². The van der Waals surface area contributed by atoms with Gasteiger partial charge in [0.15, 0.2) is 0 Å². The molecule has 0 aliphatic carbocycles. The first-order chi connectivity index (χ1) is 10.2. The lowest BCUT2D eigenvalue weighted by Crippen LogP contribution is -2.52. The fourth-order valence-corrected chi connectivity index (χ4v) is 3.30. The van der Waals surface area contributed by atoms with Crippen LogP contribution in [0.5, 0.6) is 0 Å². The fraction of sp³-hybridized carbons (Fsp3) is 0.533. The van der Waals surface area contributed by atoms with Crippen LogP contribution in [0.25, 0.3) is 0 Å². The number of hydrogen-bond donors (Lipinski definition) is 0. The molecule has 22 heavy (non-hydrogen) atoms. The van der Waals surface area contributed by atoms with Crippen LogP contribution in [0.3, 0.4) is 0 Å². The number of nitrogens with zero attached hydrogens (tertiary/aromatic N) is 3. The van der Waals surface area contributed by atoms with Crippen molar-refractivity contribution < 1.29 is 13.2 Å². The van der Waals surface area contributed by atoms with E-state index in [-0.39, 0.29) is 10.8 Å². The Balaban J connectivity index is 2.16. The molecule has 0 radical (unpaired) electrons. The van der Waals surface area contributed by atoms with Gasteiger partial charge in [-0.3, -0.25) is 4.79 Å². The van der Waals surface area contributed by atoms with Crippen molar-refractivity contribution in [3.8, 4) is 0 Å². The van der Waals surface area contributed by atoms with E-state index in [2.05, 4.69) is 11.8 Å². The number of amides is 1. The summed E-state index contributed by atoms with van der Waals surface area (Å²) in [5, 5.41) is 0. The van der Waals surface area contributed by atoms with Gasteiger partial charge in [-0.1, -0.05) is 0 Å². The van der Waals surface area contributed by atoms with Gasteiger partial charge in [0.05, 0.1) is 4.90 Å². The number of likely N-dealkylation sites (N-methyl/N-ethyl adjacent to an activating group) is 1. The van der Waals surface area contributed by atoms with E-state index in [0.29, 0.717) is 24.7 Å². The number of carbonyl (C=O) groups excluding carboxylic acids is 1. The largest absolute Gasteiger partial charge is 0.336 e. The predicted octanol–water partition coefficient (Wildman–Crippen LogP) is 0.713. The minimum atomic E-state index is -3.46. The molecular weight excluding hydrogens is 302 g/mol. The average molecular weight is 325 g/mol. The lowest BCUT2D eigenvalue weighted by atomic mass is 10.1. The summed E-state index contributed by atoms with van der Waals surface area (Å²) in [4.78, 5) is 16.7. The highest BCUT2D eigenvalue weighted by atomic mass is 32.2. The molecule has 1 aliphatic heterocycles. The van der Waals surface area contributed by atoms with Crippen molar-refractivity contribution in [2.75, 3.05) is 40.8 Å². The van der Waals surface area contributed by atoms with Crippen molar-refractivity contribution >= 4 is 15.9 Å². The summed E-state index contributed by atoms with van der Waals surface area (Å²) >= 11 is 0. The lowest BCUT2D eigenvalue weighted by molar-refractivity contribution is 0.0572. The maximum absolute atomic E-state index is 12.5. The molecule has 6 nitrogen and oxygen atoms in total. The summed E-state index contributed by atoms with van der Waals surface area (Å²) in [6.45, 7) is 4.32. The van der Waals surface area contributed by atoms with Crippen LogP contribution in [-0.4, -0.2) is 75.2 Å². The molecule has 7 heteroatoms. The molecule has 0 aromatic heterocycles. The molecule has 1 amide bonds. The zero-order valence-electron chi connectivity index (χ0n) is 13.5. The van der Waals surface area contributed by atoms with Gasteiger partial charge in [-0.05, 0) is 38.2 Å². The molecule has 0 bridgehead atoms. The molecule has 2 rings (SSSR count). The zero-order valence-corrected chi connectivity index (χ0v) is 14.3. The van der Waals surface area contributed by atoms with E-state index in [0.717, 1.165) is 10.8 Å². The van der Waals surface area contributed by atoms with E-state index in [1.54, 1.807) is 12.1 Å². The smallest absolute Gasteiger partial charge is 0.253 e. The Morgan fingerprint density at radius 1 is 1.18 bits per heavy atom. The molecule has 1 aliphatic rings. The van der Waals surface area contributed by atoms with E-state index < -0.39 is 10.0 Å². The van der Waals surface area contributed by atoms with Gasteiger partial charge < -0.3 is 9.80 Å².